The topological polar surface area (TPSA) is 64.3 Å². The van der Waals surface area contributed by atoms with Gasteiger partial charge in [0, 0.05) is 16.7 Å². The predicted octanol–water partition coefficient (Wildman–Crippen LogP) is 3.57. The molecule has 2 aromatic carbocycles. The molecule has 0 heterocycles. The van der Waals surface area contributed by atoms with E-state index in [1.807, 2.05) is 24.3 Å². The second-order valence-corrected chi connectivity index (χ2v) is 5.31. The maximum absolute atomic E-state index is 13.9. The summed E-state index contributed by atoms with van der Waals surface area (Å²) in [4.78, 5) is 11.6. The molecule has 3 N–H and O–H groups in total. The molecule has 6 heteroatoms. The van der Waals surface area contributed by atoms with Crippen LogP contribution in [-0.2, 0) is 11.3 Å². The van der Waals surface area contributed by atoms with Crippen LogP contribution in [-0.4, -0.2) is 13.1 Å². The van der Waals surface area contributed by atoms with Gasteiger partial charge in [-0.25, -0.2) is 9.18 Å². The van der Waals surface area contributed by atoms with Gasteiger partial charge in [-0.2, -0.15) is 0 Å². The van der Waals surface area contributed by atoms with Crippen molar-refractivity contribution in [3.8, 4) is 0 Å². The molecule has 4 nitrogen and oxygen atoms in total. The van der Waals surface area contributed by atoms with E-state index in [0.717, 1.165) is 16.1 Å². The number of anilines is 2. The SMILES string of the molecule is COC(=O)c1cc(NCc2ccc(Br)cc2)c(F)cc1N. The van der Waals surface area contributed by atoms with Gasteiger partial charge in [0.1, 0.15) is 5.82 Å². The summed E-state index contributed by atoms with van der Waals surface area (Å²) in [7, 11) is 1.25. The summed E-state index contributed by atoms with van der Waals surface area (Å²) in [5.74, 6) is -1.11. The number of benzene rings is 2. The van der Waals surface area contributed by atoms with E-state index in [4.69, 9.17) is 5.73 Å². The summed E-state index contributed by atoms with van der Waals surface area (Å²) >= 11 is 3.35. The quantitative estimate of drug-likeness (QED) is 0.652. The Kier molecular flexibility index (Phi) is 4.80. The molecule has 0 aliphatic heterocycles. The van der Waals surface area contributed by atoms with Gasteiger partial charge in [-0.3, -0.25) is 0 Å². The first kappa shape index (κ1) is 15.3. The van der Waals surface area contributed by atoms with Gasteiger partial charge < -0.3 is 15.8 Å². The highest BCUT2D eigenvalue weighted by atomic mass is 79.9. The van der Waals surface area contributed by atoms with Gasteiger partial charge in [-0.1, -0.05) is 28.1 Å². The van der Waals surface area contributed by atoms with E-state index < -0.39 is 11.8 Å². The highest BCUT2D eigenvalue weighted by molar-refractivity contribution is 9.10. The van der Waals surface area contributed by atoms with Crippen molar-refractivity contribution >= 4 is 33.3 Å². The Morgan fingerprint density at radius 2 is 2.00 bits per heavy atom. The first-order chi connectivity index (χ1) is 10.0. The maximum Gasteiger partial charge on any atom is 0.340 e. The standard InChI is InChI=1S/C15H14BrFN2O2/c1-21-15(20)11-6-14(12(17)7-13(11)18)19-8-9-2-4-10(16)5-3-9/h2-7,19H,8,18H2,1H3. The summed E-state index contributed by atoms with van der Waals surface area (Å²) in [5, 5.41) is 2.94. The highest BCUT2D eigenvalue weighted by Crippen LogP contribution is 2.23. The lowest BCUT2D eigenvalue weighted by Gasteiger charge is -2.11. The molecule has 2 rings (SSSR count). The minimum absolute atomic E-state index is 0.0496. The zero-order chi connectivity index (χ0) is 15.4. The summed E-state index contributed by atoms with van der Waals surface area (Å²) in [6, 6.07) is 10.1. The third-order valence-electron chi connectivity index (χ3n) is 2.94. The number of rotatable bonds is 4. The number of hydrogen-bond acceptors (Lipinski definition) is 4. The molecule has 0 atom stereocenters. The lowest BCUT2D eigenvalue weighted by Crippen LogP contribution is -2.09. The molecule has 0 radical (unpaired) electrons. The Morgan fingerprint density at radius 1 is 1.33 bits per heavy atom. The fourth-order valence-electron chi connectivity index (χ4n) is 1.81. The zero-order valence-electron chi connectivity index (χ0n) is 11.3. The molecule has 110 valence electrons. The van der Waals surface area contributed by atoms with E-state index >= 15 is 0 Å². The third-order valence-corrected chi connectivity index (χ3v) is 3.47. The average Bonchev–Trinajstić information content (AvgIpc) is 2.47. The van der Waals surface area contributed by atoms with Gasteiger partial charge in [0.25, 0.3) is 0 Å². The lowest BCUT2D eigenvalue weighted by molar-refractivity contribution is 0.0602. The highest BCUT2D eigenvalue weighted by Gasteiger charge is 2.14. The van der Waals surface area contributed by atoms with Crippen molar-refractivity contribution in [3.05, 3.63) is 57.8 Å². The first-order valence-electron chi connectivity index (χ1n) is 6.17. The van der Waals surface area contributed by atoms with E-state index in [1.54, 1.807) is 0 Å². The monoisotopic (exact) mass is 352 g/mol. The number of nitrogens with two attached hydrogens (primary N) is 1. The van der Waals surface area contributed by atoms with Crippen molar-refractivity contribution < 1.29 is 13.9 Å². The van der Waals surface area contributed by atoms with Crippen LogP contribution in [0.4, 0.5) is 15.8 Å². The van der Waals surface area contributed by atoms with Crippen molar-refractivity contribution in [2.24, 2.45) is 0 Å². The van der Waals surface area contributed by atoms with Gasteiger partial charge in [0.15, 0.2) is 0 Å². The molecule has 0 fully saturated rings. The Labute approximate surface area is 130 Å². The largest absolute Gasteiger partial charge is 0.465 e. The van der Waals surface area contributed by atoms with Crippen molar-refractivity contribution in [2.75, 3.05) is 18.2 Å². The van der Waals surface area contributed by atoms with Crippen LogP contribution in [0.25, 0.3) is 0 Å². The second kappa shape index (κ2) is 6.58. The number of halogens is 2. The predicted molar refractivity (Wildman–Crippen MR) is 83.6 cm³/mol. The van der Waals surface area contributed by atoms with Crippen LogP contribution in [0.5, 0.6) is 0 Å². The molecule has 2 aromatic rings. The number of methoxy groups -OCH3 is 1. The molecule has 0 bridgehead atoms. The Bertz CT molecular complexity index is 659. The smallest absolute Gasteiger partial charge is 0.340 e. The molecule has 21 heavy (non-hydrogen) atoms. The molecule has 0 saturated heterocycles. The van der Waals surface area contributed by atoms with Crippen LogP contribution in [0.2, 0.25) is 0 Å². The number of esters is 1. The number of nitrogen functional groups attached to an aromatic ring is 1. The summed E-state index contributed by atoms with van der Waals surface area (Å²) in [6.07, 6.45) is 0. The summed E-state index contributed by atoms with van der Waals surface area (Å²) in [5.41, 5.74) is 6.98. The molecule has 0 unspecified atom stereocenters. The summed E-state index contributed by atoms with van der Waals surface area (Å²) in [6.45, 7) is 0.425. The molecule has 0 aromatic heterocycles. The van der Waals surface area contributed by atoms with Gasteiger partial charge in [0.2, 0.25) is 0 Å². The number of carbonyl (C=O) groups is 1. The van der Waals surface area contributed by atoms with Crippen molar-refractivity contribution in [1.29, 1.82) is 0 Å². The van der Waals surface area contributed by atoms with Crippen molar-refractivity contribution in [3.63, 3.8) is 0 Å². The maximum atomic E-state index is 13.9. The second-order valence-electron chi connectivity index (χ2n) is 4.39. The summed E-state index contributed by atoms with van der Waals surface area (Å²) < 4.78 is 19.4. The van der Waals surface area contributed by atoms with Gasteiger partial charge in [-0.05, 0) is 29.8 Å². The molecule has 0 aliphatic carbocycles. The van der Waals surface area contributed by atoms with Crippen molar-refractivity contribution in [1.82, 2.24) is 0 Å². The minimum atomic E-state index is -0.598. The van der Waals surface area contributed by atoms with Crippen LogP contribution >= 0.6 is 15.9 Å². The van der Waals surface area contributed by atoms with E-state index in [2.05, 4.69) is 26.0 Å². The van der Waals surface area contributed by atoms with Gasteiger partial charge in [0.05, 0.1) is 18.4 Å². The average molecular weight is 353 g/mol. The van der Waals surface area contributed by atoms with Gasteiger partial charge >= 0.3 is 5.97 Å². The molecular formula is C15H14BrFN2O2. The number of carbonyl (C=O) groups excluding carboxylic acids is 1. The van der Waals surface area contributed by atoms with Crippen molar-refractivity contribution in [2.45, 2.75) is 6.54 Å². The van der Waals surface area contributed by atoms with E-state index in [0.29, 0.717) is 6.54 Å². The van der Waals surface area contributed by atoms with Crippen LogP contribution in [0.15, 0.2) is 40.9 Å². The molecule has 0 aliphatic rings. The van der Waals surface area contributed by atoms with E-state index in [9.17, 15) is 9.18 Å². The molecular weight excluding hydrogens is 339 g/mol. The third kappa shape index (κ3) is 3.72. The van der Waals surface area contributed by atoms with E-state index in [-0.39, 0.29) is 16.9 Å². The minimum Gasteiger partial charge on any atom is -0.465 e. The Morgan fingerprint density at radius 3 is 2.62 bits per heavy atom. The fraction of sp³-hybridized carbons (Fsp3) is 0.133. The molecule has 0 spiro atoms. The Balaban J connectivity index is 2.19. The van der Waals surface area contributed by atoms with Gasteiger partial charge in [-0.15, -0.1) is 0 Å². The lowest BCUT2D eigenvalue weighted by atomic mass is 10.1. The zero-order valence-corrected chi connectivity index (χ0v) is 12.9. The number of ether oxygens (including phenoxy) is 1. The Hall–Kier alpha value is -2.08. The van der Waals surface area contributed by atoms with Crippen LogP contribution in [0.3, 0.4) is 0 Å². The van der Waals surface area contributed by atoms with Crippen LogP contribution in [0.1, 0.15) is 15.9 Å². The molecule has 0 saturated carbocycles. The van der Waals surface area contributed by atoms with Crippen LogP contribution in [0, 0.1) is 5.82 Å². The molecule has 0 amide bonds. The van der Waals surface area contributed by atoms with E-state index in [1.165, 1.54) is 13.2 Å². The first-order valence-corrected chi connectivity index (χ1v) is 6.96. The van der Waals surface area contributed by atoms with Crippen LogP contribution < -0.4 is 11.1 Å². The normalized spacial score (nSPS) is 10.2. The fourth-order valence-corrected chi connectivity index (χ4v) is 2.07. The number of hydrogen-bond donors (Lipinski definition) is 2. The number of nitrogens with one attached hydrogen (secondary N) is 1.